The lowest BCUT2D eigenvalue weighted by molar-refractivity contribution is 0.0699. The molecule has 0 fully saturated rings. The molecule has 0 unspecified atom stereocenters. The van der Waals surface area contributed by atoms with Crippen molar-refractivity contribution >= 4 is 27.8 Å². The van der Waals surface area contributed by atoms with Gasteiger partial charge in [-0.2, -0.15) is 0 Å². The number of benzene rings is 2. The Labute approximate surface area is 123 Å². The van der Waals surface area contributed by atoms with Crippen LogP contribution in [-0.2, 0) is 0 Å². The highest BCUT2D eigenvalue weighted by molar-refractivity contribution is 6.16. The van der Waals surface area contributed by atoms with Gasteiger partial charge in [-0.3, -0.25) is 0 Å². The molecule has 1 heterocycles. The average Bonchev–Trinajstić information content (AvgIpc) is 2.87. The van der Waals surface area contributed by atoms with Crippen LogP contribution in [0, 0.1) is 0 Å². The molecule has 0 amide bonds. The van der Waals surface area contributed by atoms with Gasteiger partial charge in [0, 0.05) is 21.8 Å². The van der Waals surface area contributed by atoms with E-state index in [0.29, 0.717) is 5.56 Å². The molecule has 4 nitrogen and oxygen atoms in total. The van der Waals surface area contributed by atoms with Gasteiger partial charge in [-0.25, -0.2) is 4.79 Å². The second-order valence-electron chi connectivity index (χ2n) is 4.66. The molecule has 4 heteroatoms. The highest BCUT2D eigenvalue weighted by atomic mass is 16.4. The second-order valence-corrected chi connectivity index (χ2v) is 4.66. The van der Waals surface area contributed by atoms with E-state index in [4.69, 9.17) is 5.11 Å². The van der Waals surface area contributed by atoms with E-state index in [1.165, 1.54) is 0 Å². The number of aromatic amines is 1. The van der Waals surface area contributed by atoms with Crippen LogP contribution in [0.25, 0.3) is 21.8 Å². The van der Waals surface area contributed by atoms with Crippen LogP contribution in [0.2, 0.25) is 0 Å². The van der Waals surface area contributed by atoms with Gasteiger partial charge in [-0.15, -0.1) is 0 Å². The summed E-state index contributed by atoms with van der Waals surface area (Å²) in [6.07, 6.45) is 0. The van der Waals surface area contributed by atoms with Gasteiger partial charge >= 0.3 is 5.97 Å². The number of hydrogen-bond acceptors (Lipinski definition) is 2. The minimum Gasteiger partial charge on any atom is -0.478 e. The number of carboxylic acids is 1. The Balaban J connectivity index is 0.000000282. The number of rotatable bonds is 3. The van der Waals surface area contributed by atoms with Crippen LogP contribution < -0.4 is 5.32 Å². The van der Waals surface area contributed by atoms with Crippen molar-refractivity contribution in [3.63, 3.8) is 0 Å². The molecule has 0 aliphatic carbocycles. The van der Waals surface area contributed by atoms with E-state index in [9.17, 15) is 4.79 Å². The van der Waals surface area contributed by atoms with Crippen molar-refractivity contribution < 1.29 is 9.90 Å². The molecule has 0 saturated carbocycles. The first-order valence-corrected chi connectivity index (χ1v) is 7.12. The average molecular weight is 284 g/mol. The lowest BCUT2D eigenvalue weighted by atomic mass is 10.1. The van der Waals surface area contributed by atoms with Gasteiger partial charge in [0.15, 0.2) is 0 Å². The topological polar surface area (TPSA) is 65.1 Å². The molecule has 110 valence electrons. The molecule has 0 radical (unpaired) electrons. The fraction of sp³-hybridized carbons (Fsp3) is 0.235. The summed E-state index contributed by atoms with van der Waals surface area (Å²) in [5.74, 6) is -0.893. The van der Waals surface area contributed by atoms with Crippen LogP contribution in [0.3, 0.4) is 0 Å². The van der Waals surface area contributed by atoms with Crippen LogP contribution in [0.15, 0.2) is 42.5 Å². The third-order valence-electron chi connectivity index (χ3n) is 3.26. The highest BCUT2D eigenvalue weighted by Crippen LogP contribution is 2.28. The van der Waals surface area contributed by atoms with Gasteiger partial charge < -0.3 is 15.4 Å². The molecule has 0 bridgehead atoms. The second kappa shape index (κ2) is 6.90. The number of H-pyrrole nitrogens is 1. The Morgan fingerprint density at radius 3 is 2.33 bits per heavy atom. The SMILES string of the molecule is CCNCC.O=C(O)c1cccc2[nH]c3ccccc3c12. The van der Waals surface area contributed by atoms with E-state index < -0.39 is 5.97 Å². The predicted molar refractivity (Wildman–Crippen MR) is 87.0 cm³/mol. The van der Waals surface area contributed by atoms with E-state index in [0.717, 1.165) is 34.9 Å². The molecular weight excluding hydrogens is 264 g/mol. The first-order valence-electron chi connectivity index (χ1n) is 7.12. The van der Waals surface area contributed by atoms with Gasteiger partial charge in [0.1, 0.15) is 0 Å². The van der Waals surface area contributed by atoms with Crippen molar-refractivity contribution in [2.45, 2.75) is 13.8 Å². The zero-order valence-electron chi connectivity index (χ0n) is 12.3. The Bertz CT molecular complexity index is 745. The third-order valence-corrected chi connectivity index (χ3v) is 3.26. The zero-order valence-corrected chi connectivity index (χ0v) is 12.3. The lowest BCUT2D eigenvalue weighted by Gasteiger charge is -1.97. The Kier molecular flexibility index (Phi) is 4.95. The standard InChI is InChI=1S/C13H9NO2.C4H11N/c15-13(16)9-5-3-7-11-12(9)8-4-1-2-6-10(8)14-11;1-3-5-4-2/h1-7,14H,(H,15,16);5H,3-4H2,1-2H3. The molecule has 0 saturated heterocycles. The first kappa shape index (κ1) is 15.1. The number of fused-ring (bicyclic) bond motifs is 3. The molecule has 0 atom stereocenters. The number of aromatic nitrogens is 1. The van der Waals surface area contributed by atoms with Gasteiger partial charge in [-0.1, -0.05) is 38.1 Å². The summed E-state index contributed by atoms with van der Waals surface area (Å²) in [5.41, 5.74) is 2.17. The van der Waals surface area contributed by atoms with E-state index in [1.807, 2.05) is 30.3 Å². The van der Waals surface area contributed by atoms with Gasteiger partial charge in [0.25, 0.3) is 0 Å². The fourth-order valence-electron chi connectivity index (χ4n) is 2.33. The van der Waals surface area contributed by atoms with Crippen molar-refractivity contribution in [2.24, 2.45) is 0 Å². The normalized spacial score (nSPS) is 10.4. The highest BCUT2D eigenvalue weighted by Gasteiger charge is 2.12. The maximum absolute atomic E-state index is 11.1. The van der Waals surface area contributed by atoms with Gasteiger partial charge in [0.05, 0.1) is 5.56 Å². The third kappa shape index (κ3) is 3.23. The molecule has 3 N–H and O–H groups in total. The molecule has 0 aliphatic rings. The van der Waals surface area contributed by atoms with Crippen LogP contribution >= 0.6 is 0 Å². The minimum absolute atomic E-state index is 0.343. The maximum atomic E-state index is 11.1. The van der Waals surface area contributed by atoms with Crippen LogP contribution in [0.5, 0.6) is 0 Å². The number of carboxylic acid groups (broad SMARTS) is 1. The van der Waals surface area contributed by atoms with Crippen LogP contribution in [-0.4, -0.2) is 29.1 Å². The molecule has 3 aromatic rings. The molecule has 21 heavy (non-hydrogen) atoms. The Hall–Kier alpha value is -2.33. The monoisotopic (exact) mass is 284 g/mol. The number of aromatic carboxylic acids is 1. The Morgan fingerprint density at radius 2 is 1.71 bits per heavy atom. The first-order chi connectivity index (χ1) is 10.2. The smallest absolute Gasteiger partial charge is 0.336 e. The number of carbonyl (C=O) groups is 1. The van der Waals surface area contributed by atoms with E-state index in [-0.39, 0.29) is 0 Å². The summed E-state index contributed by atoms with van der Waals surface area (Å²) in [5, 5.41) is 14.0. The van der Waals surface area contributed by atoms with Crippen molar-refractivity contribution in [2.75, 3.05) is 13.1 Å². The summed E-state index contributed by atoms with van der Waals surface area (Å²) in [7, 11) is 0. The Morgan fingerprint density at radius 1 is 1.05 bits per heavy atom. The summed E-state index contributed by atoms with van der Waals surface area (Å²) in [6, 6.07) is 13.0. The molecule has 3 rings (SSSR count). The summed E-state index contributed by atoms with van der Waals surface area (Å²) < 4.78 is 0. The van der Waals surface area contributed by atoms with Crippen molar-refractivity contribution in [3.8, 4) is 0 Å². The maximum Gasteiger partial charge on any atom is 0.336 e. The number of hydrogen-bond donors (Lipinski definition) is 3. The fourth-order valence-corrected chi connectivity index (χ4v) is 2.33. The minimum atomic E-state index is -0.893. The molecule has 2 aromatic carbocycles. The summed E-state index contributed by atoms with van der Waals surface area (Å²) in [6.45, 7) is 6.39. The van der Waals surface area contributed by atoms with Crippen molar-refractivity contribution in [1.29, 1.82) is 0 Å². The number of nitrogens with one attached hydrogen (secondary N) is 2. The largest absolute Gasteiger partial charge is 0.478 e. The van der Waals surface area contributed by atoms with E-state index in [2.05, 4.69) is 24.1 Å². The number of para-hydroxylation sites is 1. The van der Waals surface area contributed by atoms with Gasteiger partial charge in [-0.05, 0) is 31.3 Å². The van der Waals surface area contributed by atoms with Crippen molar-refractivity contribution in [3.05, 3.63) is 48.0 Å². The van der Waals surface area contributed by atoms with Gasteiger partial charge in [0.2, 0.25) is 0 Å². The zero-order chi connectivity index (χ0) is 15.2. The summed E-state index contributed by atoms with van der Waals surface area (Å²) in [4.78, 5) is 14.4. The summed E-state index contributed by atoms with van der Waals surface area (Å²) >= 11 is 0. The van der Waals surface area contributed by atoms with E-state index >= 15 is 0 Å². The predicted octanol–water partition coefficient (Wildman–Crippen LogP) is 3.64. The van der Waals surface area contributed by atoms with E-state index in [1.54, 1.807) is 12.1 Å². The molecule has 1 aromatic heterocycles. The molecule has 0 spiro atoms. The quantitative estimate of drug-likeness (QED) is 0.688. The lowest BCUT2D eigenvalue weighted by Crippen LogP contribution is -2.09. The van der Waals surface area contributed by atoms with Crippen molar-refractivity contribution in [1.82, 2.24) is 10.3 Å². The van der Waals surface area contributed by atoms with Crippen LogP contribution in [0.1, 0.15) is 24.2 Å². The molecular formula is C17H20N2O2. The van der Waals surface area contributed by atoms with Crippen LogP contribution in [0.4, 0.5) is 0 Å². The molecule has 0 aliphatic heterocycles.